The van der Waals surface area contributed by atoms with E-state index in [9.17, 15) is 9.59 Å². The molecule has 86 valence electrons. The van der Waals surface area contributed by atoms with Gasteiger partial charge in [0.15, 0.2) is 0 Å². The maximum absolute atomic E-state index is 11.1. The highest BCUT2D eigenvalue weighted by atomic mass is 32.2. The van der Waals surface area contributed by atoms with Crippen LogP contribution < -0.4 is 5.73 Å². The lowest BCUT2D eigenvalue weighted by Gasteiger charge is -2.09. The third-order valence-electron chi connectivity index (χ3n) is 1.81. The average Bonchev–Trinajstić information content (AvgIpc) is 2.16. The van der Waals surface area contributed by atoms with E-state index in [1.807, 2.05) is 0 Å². The smallest absolute Gasteiger partial charge is 0.304 e. The lowest BCUT2D eigenvalue weighted by atomic mass is 10.3. The van der Waals surface area contributed by atoms with Gasteiger partial charge in [-0.1, -0.05) is 6.92 Å². The average molecular weight is 240 g/mol. The first-order valence-electron chi connectivity index (χ1n) is 4.64. The fourth-order valence-corrected chi connectivity index (χ4v) is 2.17. The number of nitrogens with two attached hydrogens (primary N) is 1. The summed E-state index contributed by atoms with van der Waals surface area (Å²) in [5.74, 6) is -1.44. The highest BCUT2D eigenvalue weighted by Crippen LogP contribution is 2.25. The van der Waals surface area contributed by atoms with Gasteiger partial charge in [0.1, 0.15) is 5.03 Å². The van der Waals surface area contributed by atoms with Crippen LogP contribution in [0.25, 0.3) is 0 Å². The molecule has 5 nitrogen and oxygen atoms in total. The molecule has 1 unspecified atom stereocenters. The number of nitrogens with zero attached hydrogens (tertiary/aromatic N) is 1. The number of primary amides is 1. The van der Waals surface area contributed by atoms with Gasteiger partial charge >= 0.3 is 5.97 Å². The fraction of sp³-hybridized carbons (Fsp3) is 0.300. The van der Waals surface area contributed by atoms with Gasteiger partial charge in [-0.05, 0) is 12.1 Å². The van der Waals surface area contributed by atoms with E-state index in [0.29, 0.717) is 10.6 Å². The molecule has 1 atom stereocenters. The van der Waals surface area contributed by atoms with Crippen LogP contribution in [0, 0.1) is 0 Å². The Morgan fingerprint density at radius 1 is 1.62 bits per heavy atom. The zero-order chi connectivity index (χ0) is 12.1. The van der Waals surface area contributed by atoms with Crippen molar-refractivity contribution in [3.8, 4) is 0 Å². The highest BCUT2D eigenvalue weighted by molar-refractivity contribution is 7.99. The topological polar surface area (TPSA) is 93.3 Å². The molecule has 0 aliphatic heterocycles. The molecule has 0 spiro atoms. The predicted molar refractivity (Wildman–Crippen MR) is 60.3 cm³/mol. The summed E-state index contributed by atoms with van der Waals surface area (Å²) in [5, 5.41) is 8.93. The van der Waals surface area contributed by atoms with Gasteiger partial charge in [-0.25, -0.2) is 4.98 Å². The van der Waals surface area contributed by atoms with Crippen LogP contribution in [0.1, 0.15) is 23.7 Å². The second kappa shape index (κ2) is 5.50. The number of carbonyl (C=O) groups excluding carboxylic acids is 1. The third kappa shape index (κ3) is 3.54. The van der Waals surface area contributed by atoms with Crippen LogP contribution in [0.3, 0.4) is 0 Å². The van der Waals surface area contributed by atoms with Crippen molar-refractivity contribution in [2.45, 2.75) is 23.6 Å². The molecule has 1 aromatic heterocycles. The Kier molecular flexibility index (Phi) is 4.30. The van der Waals surface area contributed by atoms with Gasteiger partial charge in [-0.15, -0.1) is 11.8 Å². The molecule has 0 aliphatic rings. The molecule has 0 aromatic carbocycles. The molecule has 0 saturated heterocycles. The summed E-state index contributed by atoms with van der Waals surface area (Å²) in [6.45, 7) is 1.76. The second-order valence-electron chi connectivity index (χ2n) is 3.25. The maximum atomic E-state index is 11.1. The Morgan fingerprint density at radius 3 is 2.88 bits per heavy atom. The number of carboxylic acid groups (broad SMARTS) is 1. The summed E-state index contributed by atoms with van der Waals surface area (Å²) in [5.41, 5.74) is 5.51. The summed E-state index contributed by atoms with van der Waals surface area (Å²) in [6.07, 6.45) is 1.56. The number of carboxylic acids is 1. The fourth-order valence-electron chi connectivity index (χ4n) is 1.15. The van der Waals surface area contributed by atoms with Gasteiger partial charge < -0.3 is 10.8 Å². The number of aromatic nitrogens is 1. The predicted octanol–water partition coefficient (Wildman–Crippen LogP) is 1.14. The Morgan fingerprint density at radius 2 is 2.31 bits per heavy atom. The number of hydrogen-bond donors (Lipinski definition) is 2. The molecule has 0 bridgehead atoms. The van der Waals surface area contributed by atoms with Crippen LogP contribution in [-0.2, 0) is 4.79 Å². The van der Waals surface area contributed by atoms with Crippen LogP contribution in [-0.4, -0.2) is 27.2 Å². The van der Waals surface area contributed by atoms with Crippen molar-refractivity contribution in [1.82, 2.24) is 4.98 Å². The van der Waals surface area contributed by atoms with E-state index >= 15 is 0 Å². The maximum Gasteiger partial charge on any atom is 0.304 e. The lowest BCUT2D eigenvalue weighted by molar-refractivity contribution is -0.136. The molecular weight excluding hydrogens is 228 g/mol. The Labute approximate surface area is 97.1 Å². The number of hydrogen-bond acceptors (Lipinski definition) is 4. The van der Waals surface area contributed by atoms with E-state index in [4.69, 9.17) is 10.8 Å². The molecule has 16 heavy (non-hydrogen) atoms. The summed E-state index contributed by atoms with van der Waals surface area (Å²) in [4.78, 5) is 25.6. The SMILES string of the molecule is CC(CC(=O)O)Sc1ncccc1C(N)=O. The van der Waals surface area contributed by atoms with Crippen molar-refractivity contribution in [3.63, 3.8) is 0 Å². The lowest BCUT2D eigenvalue weighted by Crippen LogP contribution is -2.14. The first-order chi connectivity index (χ1) is 7.50. The van der Waals surface area contributed by atoms with Gasteiger partial charge in [0, 0.05) is 11.4 Å². The minimum atomic E-state index is -0.878. The summed E-state index contributed by atoms with van der Waals surface area (Å²) in [6, 6.07) is 3.19. The summed E-state index contributed by atoms with van der Waals surface area (Å²) in [7, 11) is 0. The first kappa shape index (κ1) is 12.5. The van der Waals surface area contributed by atoms with Crippen molar-refractivity contribution >= 4 is 23.6 Å². The number of aliphatic carboxylic acids is 1. The van der Waals surface area contributed by atoms with Gasteiger partial charge in [-0.2, -0.15) is 0 Å². The zero-order valence-corrected chi connectivity index (χ0v) is 9.53. The van der Waals surface area contributed by atoms with Gasteiger partial charge in [-0.3, -0.25) is 9.59 Å². The van der Waals surface area contributed by atoms with Gasteiger partial charge in [0.25, 0.3) is 5.91 Å². The molecule has 6 heteroatoms. The monoisotopic (exact) mass is 240 g/mol. The normalized spacial score (nSPS) is 12.1. The zero-order valence-electron chi connectivity index (χ0n) is 8.71. The minimum absolute atomic E-state index is 0.0133. The molecule has 0 saturated carbocycles. The Balaban J connectivity index is 2.80. The molecule has 1 heterocycles. The van der Waals surface area contributed by atoms with E-state index < -0.39 is 11.9 Å². The molecule has 3 N–H and O–H groups in total. The quantitative estimate of drug-likeness (QED) is 0.753. The summed E-state index contributed by atoms with van der Waals surface area (Å²) < 4.78 is 0. The van der Waals surface area contributed by atoms with E-state index in [1.54, 1.807) is 25.3 Å². The number of thioether (sulfide) groups is 1. The number of amides is 1. The molecule has 0 fully saturated rings. The molecule has 1 aromatic rings. The van der Waals surface area contributed by atoms with Crippen molar-refractivity contribution in [2.24, 2.45) is 5.73 Å². The first-order valence-corrected chi connectivity index (χ1v) is 5.52. The largest absolute Gasteiger partial charge is 0.481 e. The van der Waals surface area contributed by atoms with Crippen LogP contribution >= 0.6 is 11.8 Å². The number of pyridine rings is 1. The van der Waals surface area contributed by atoms with Crippen LogP contribution in [0.2, 0.25) is 0 Å². The highest BCUT2D eigenvalue weighted by Gasteiger charge is 2.14. The number of carbonyl (C=O) groups is 2. The van der Waals surface area contributed by atoms with Crippen molar-refractivity contribution in [2.75, 3.05) is 0 Å². The molecular formula is C10H12N2O3S. The molecule has 1 amide bonds. The molecule has 0 radical (unpaired) electrons. The summed E-state index contributed by atoms with van der Waals surface area (Å²) >= 11 is 1.23. The van der Waals surface area contributed by atoms with Crippen LogP contribution in [0.5, 0.6) is 0 Å². The standard InChI is InChI=1S/C10H12N2O3S/c1-6(5-8(13)14)16-10-7(9(11)15)3-2-4-12-10/h2-4,6H,5H2,1H3,(H2,11,15)(H,13,14). The van der Waals surface area contributed by atoms with E-state index in [-0.39, 0.29) is 11.7 Å². The van der Waals surface area contributed by atoms with E-state index in [1.165, 1.54) is 11.8 Å². The second-order valence-corrected chi connectivity index (χ2v) is 4.67. The third-order valence-corrected chi connectivity index (χ3v) is 2.93. The van der Waals surface area contributed by atoms with Crippen molar-refractivity contribution < 1.29 is 14.7 Å². The van der Waals surface area contributed by atoms with Crippen LogP contribution in [0.15, 0.2) is 23.4 Å². The van der Waals surface area contributed by atoms with Gasteiger partial charge in [0.2, 0.25) is 0 Å². The Hall–Kier alpha value is -1.56. The van der Waals surface area contributed by atoms with Gasteiger partial charge in [0.05, 0.1) is 12.0 Å². The minimum Gasteiger partial charge on any atom is -0.481 e. The van der Waals surface area contributed by atoms with Crippen molar-refractivity contribution in [3.05, 3.63) is 23.9 Å². The Bertz CT molecular complexity index is 409. The van der Waals surface area contributed by atoms with Crippen LogP contribution in [0.4, 0.5) is 0 Å². The van der Waals surface area contributed by atoms with Crippen molar-refractivity contribution in [1.29, 1.82) is 0 Å². The molecule has 1 rings (SSSR count). The number of rotatable bonds is 5. The molecule has 0 aliphatic carbocycles. The van der Waals surface area contributed by atoms with E-state index in [2.05, 4.69) is 4.98 Å². The van der Waals surface area contributed by atoms with E-state index in [0.717, 1.165) is 0 Å².